The van der Waals surface area contributed by atoms with Crippen molar-refractivity contribution in [3.8, 4) is 5.75 Å². The number of fused-ring (bicyclic) bond motifs is 1. The number of amides is 1. The van der Waals surface area contributed by atoms with E-state index >= 15 is 0 Å². The molecule has 0 aliphatic carbocycles. The zero-order chi connectivity index (χ0) is 20.5. The average molecular weight is 402 g/mol. The van der Waals surface area contributed by atoms with Gasteiger partial charge in [0, 0.05) is 22.7 Å². The first-order valence-electron chi connectivity index (χ1n) is 8.60. The summed E-state index contributed by atoms with van der Waals surface area (Å²) < 4.78 is 36.1. The highest BCUT2D eigenvalue weighted by Gasteiger charge is 2.14. The molecular formula is C20H22N2O5S. The van der Waals surface area contributed by atoms with E-state index in [2.05, 4.69) is 10.0 Å². The lowest BCUT2D eigenvalue weighted by Crippen LogP contribution is -2.15. The van der Waals surface area contributed by atoms with Gasteiger partial charge in [-0.1, -0.05) is 12.1 Å². The van der Waals surface area contributed by atoms with Gasteiger partial charge in [0.1, 0.15) is 11.3 Å². The molecule has 0 aliphatic rings. The molecule has 0 saturated carbocycles. The van der Waals surface area contributed by atoms with Gasteiger partial charge in [-0.3, -0.25) is 9.52 Å². The van der Waals surface area contributed by atoms with Crippen LogP contribution < -0.4 is 14.8 Å². The van der Waals surface area contributed by atoms with Gasteiger partial charge >= 0.3 is 0 Å². The lowest BCUT2D eigenvalue weighted by molar-refractivity contribution is -0.115. The van der Waals surface area contributed by atoms with Gasteiger partial charge in [-0.2, -0.15) is 0 Å². The van der Waals surface area contributed by atoms with Gasteiger partial charge in [0.2, 0.25) is 15.9 Å². The number of carbonyl (C=O) groups is 1. The Kier molecular flexibility index (Phi) is 5.33. The predicted octanol–water partition coefficient (Wildman–Crippen LogP) is 3.61. The fourth-order valence-electron chi connectivity index (χ4n) is 2.96. The van der Waals surface area contributed by atoms with Crippen molar-refractivity contribution in [2.45, 2.75) is 20.3 Å². The number of sulfonamides is 1. The maximum Gasteiger partial charge on any atom is 0.229 e. The third kappa shape index (κ3) is 4.28. The van der Waals surface area contributed by atoms with E-state index in [1.165, 1.54) is 13.2 Å². The van der Waals surface area contributed by atoms with Crippen molar-refractivity contribution < 1.29 is 22.4 Å². The minimum Gasteiger partial charge on any atom is -0.494 e. The Balaban J connectivity index is 1.77. The summed E-state index contributed by atoms with van der Waals surface area (Å²) in [6.45, 7) is 4.00. The number of ether oxygens (including phenoxy) is 1. The van der Waals surface area contributed by atoms with Crippen LogP contribution in [0.5, 0.6) is 5.75 Å². The van der Waals surface area contributed by atoms with Crippen LogP contribution in [0.3, 0.4) is 0 Å². The second-order valence-corrected chi connectivity index (χ2v) is 8.41. The van der Waals surface area contributed by atoms with E-state index in [0.29, 0.717) is 17.1 Å². The maximum absolute atomic E-state index is 12.5. The minimum absolute atomic E-state index is 0.154. The molecule has 0 spiro atoms. The van der Waals surface area contributed by atoms with Crippen LogP contribution >= 0.6 is 0 Å². The standard InChI is InChI=1S/C20H22N2O5S/c1-12-5-7-16-14(11-27-20(16)13(12)2)9-19(23)21-15-6-8-17(18(10-15)26-3)22-28(4,24)25/h5-8,10-11,22H,9H2,1-4H3,(H,21,23). The zero-order valence-electron chi connectivity index (χ0n) is 16.1. The van der Waals surface area contributed by atoms with Crippen LogP contribution in [0.2, 0.25) is 0 Å². The maximum atomic E-state index is 12.5. The number of benzene rings is 2. The van der Waals surface area contributed by atoms with Gasteiger partial charge in [-0.15, -0.1) is 0 Å². The van der Waals surface area contributed by atoms with Crippen LogP contribution in [0, 0.1) is 13.8 Å². The van der Waals surface area contributed by atoms with Gasteiger partial charge in [-0.25, -0.2) is 8.42 Å². The molecule has 1 amide bonds. The number of methoxy groups -OCH3 is 1. The first-order valence-corrected chi connectivity index (χ1v) is 10.5. The van der Waals surface area contributed by atoms with E-state index in [1.54, 1.807) is 18.4 Å². The van der Waals surface area contributed by atoms with Gasteiger partial charge in [0.15, 0.2) is 0 Å². The van der Waals surface area contributed by atoms with Gasteiger partial charge in [0.05, 0.1) is 31.7 Å². The normalized spacial score (nSPS) is 11.4. The summed E-state index contributed by atoms with van der Waals surface area (Å²) in [5.41, 5.74) is 4.59. The summed E-state index contributed by atoms with van der Waals surface area (Å²) in [4.78, 5) is 12.5. The first kappa shape index (κ1) is 19.8. The number of rotatable bonds is 6. The molecule has 28 heavy (non-hydrogen) atoms. The molecule has 8 heteroatoms. The molecule has 3 rings (SSSR count). The van der Waals surface area contributed by atoms with Gasteiger partial charge in [-0.05, 0) is 37.1 Å². The van der Waals surface area contributed by atoms with Crippen LogP contribution in [0.1, 0.15) is 16.7 Å². The Morgan fingerprint density at radius 2 is 1.93 bits per heavy atom. The molecule has 0 radical (unpaired) electrons. The van der Waals surface area contributed by atoms with E-state index in [4.69, 9.17) is 9.15 Å². The van der Waals surface area contributed by atoms with Crippen molar-refractivity contribution in [2.75, 3.05) is 23.4 Å². The molecule has 0 saturated heterocycles. The second kappa shape index (κ2) is 7.55. The molecular weight excluding hydrogens is 380 g/mol. The molecule has 148 valence electrons. The molecule has 0 aliphatic heterocycles. The topological polar surface area (TPSA) is 97.6 Å². The van der Waals surface area contributed by atoms with E-state index in [9.17, 15) is 13.2 Å². The molecule has 1 aromatic heterocycles. The molecule has 0 atom stereocenters. The summed E-state index contributed by atoms with van der Waals surface area (Å²) in [7, 11) is -2.01. The SMILES string of the molecule is COc1cc(NC(=O)Cc2coc3c(C)c(C)ccc23)ccc1NS(C)(=O)=O. The van der Waals surface area contributed by atoms with Crippen LogP contribution in [-0.2, 0) is 21.2 Å². The molecule has 0 bridgehead atoms. The highest BCUT2D eigenvalue weighted by molar-refractivity contribution is 7.92. The summed E-state index contributed by atoms with van der Waals surface area (Å²) in [5, 5.41) is 3.72. The number of aryl methyl sites for hydroxylation is 2. The summed E-state index contributed by atoms with van der Waals surface area (Å²) >= 11 is 0. The van der Waals surface area contributed by atoms with Crippen molar-refractivity contribution in [1.29, 1.82) is 0 Å². The highest BCUT2D eigenvalue weighted by atomic mass is 32.2. The monoisotopic (exact) mass is 402 g/mol. The molecule has 7 nitrogen and oxygen atoms in total. The summed E-state index contributed by atoms with van der Waals surface area (Å²) in [6.07, 6.45) is 2.82. The number of carbonyl (C=O) groups excluding carboxylic acids is 1. The smallest absolute Gasteiger partial charge is 0.229 e. The largest absolute Gasteiger partial charge is 0.494 e. The van der Waals surface area contributed by atoms with Crippen molar-refractivity contribution in [3.05, 3.63) is 53.3 Å². The Hall–Kier alpha value is -3.00. The van der Waals surface area contributed by atoms with Gasteiger partial charge < -0.3 is 14.5 Å². The van der Waals surface area contributed by atoms with Gasteiger partial charge in [0.25, 0.3) is 0 Å². The number of furan rings is 1. The van der Waals surface area contributed by atoms with E-state index in [-0.39, 0.29) is 12.3 Å². The highest BCUT2D eigenvalue weighted by Crippen LogP contribution is 2.30. The second-order valence-electron chi connectivity index (χ2n) is 6.66. The molecule has 0 unspecified atom stereocenters. The molecule has 0 fully saturated rings. The lowest BCUT2D eigenvalue weighted by Gasteiger charge is -2.12. The number of hydrogen-bond acceptors (Lipinski definition) is 5. The lowest BCUT2D eigenvalue weighted by atomic mass is 10.0. The van der Waals surface area contributed by atoms with E-state index < -0.39 is 10.0 Å². The van der Waals surface area contributed by atoms with Crippen molar-refractivity contribution in [1.82, 2.24) is 0 Å². The number of anilines is 2. The Morgan fingerprint density at radius 3 is 2.61 bits per heavy atom. The van der Waals surface area contributed by atoms with Crippen molar-refractivity contribution in [3.63, 3.8) is 0 Å². The average Bonchev–Trinajstić information content (AvgIpc) is 3.01. The minimum atomic E-state index is -3.44. The van der Waals surface area contributed by atoms with Crippen LogP contribution in [-0.4, -0.2) is 27.7 Å². The van der Waals surface area contributed by atoms with Crippen LogP contribution in [0.15, 0.2) is 41.0 Å². The fraction of sp³-hybridized carbons (Fsp3) is 0.250. The fourth-order valence-corrected chi connectivity index (χ4v) is 3.52. The Bertz CT molecular complexity index is 1150. The zero-order valence-corrected chi connectivity index (χ0v) is 16.9. The Labute approximate surface area is 163 Å². The van der Waals surface area contributed by atoms with Crippen LogP contribution in [0.25, 0.3) is 11.0 Å². The quantitative estimate of drug-likeness (QED) is 0.656. The third-order valence-corrected chi connectivity index (χ3v) is 5.06. The summed E-state index contributed by atoms with van der Waals surface area (Å²) in [6, 6.07) is 8.67. The van der Waals surface area contributed by atoms with Crippen molar-refractivity contribution in [2.24, 2.45) is 0 Å². The Morgan fingerprint density at radius 1 is 1.18 bits per heavy atom. The predicted molar refractivity (Wildman–Crippen MR) is 109 cm³/mol. The van der Waals surface area contributed by atoms with E-state index in [0.717, 1.165) is 33.9 Å². The van der Waals surface area contributed by atoms with E-state index in [1.807, 2.05) is 26.0 Å². The molecule has 2 N–H and O–H groups in total. The molecule has 1 heterocycles. The first-order chi connectivity index (χ1) is 13.2. The molecule has 3 aromatic rings. The van der Waals surface area contributed by atoms with Crippen LogP contribution in [0.4, 0.5) is 11.4 Å². The summed E-state index contributed by atoms with van der Waals surface area (Å²) in [5.74, 6) is 0.0925. The third-order valence-electron chi connectivity index (χ3n) is 4.47. The number of nitrogens with one attached hydrogen (secondary N) is 2. The number of hydrogen-bond donors (Lipinski definition) is 2. The van der Waals surface area contributed by atoms with Crippen molar-refractivity contribution >= 4 is 38.3 Å². The molecule has 2 aromatic carbocycles.